The van der Waals surface area contributed by atoms with Crippen molar-refractivity contribution >= 4 is 5.97 Å². The van der Waals surface area contributed by atoms with Gasteiger partial charge in [0.25, 0.3) is 0 Å². The number of carbonyl (C=O) groups is 1. The number of nitrogens with zero attached hydrogens (tertiary/aromatic N) is 1. The first-order chi connectivity index (χ1) is 13.6. The molecule has 1 aliphatic rings. The van der Waals surface area contributed by atoms with E-state index in [9.17, 15) is 9.90 Å². The second kappa shape index (κ2) is 8.97. The van der Waals surface area contributed by atoms with Crippen LogP contribution in [-0.2, 0) is 4.79 Å². The Kier molecular flexibility index (Phi) is 6.41. The first-order valence-electron chi connectivity index (χ1n) is 9.44. The van der Waals surface area contributed by atoms with E-state index >= 15 is 0 Å². The molecule has 0 aliphatic carbocycles. The highest BCUT2D eigenvalue weighted by Crippen LogP contribution is 2.46. The molecule has 0 amide bonds. The number of methoxy groups -OCH3 is 3. The molecule has 1 heterocycles. The van der Waals surface area contributed by atoms with Crippen LogP contribution in [0.2, 0.25) is 0 Å². The van der Waals surface area contributed by atoms with Gasteiger partial charge in [0.1, 0.15) is 6.04 Å². The summed E-state index contributed by atoms with van der Waals surface area (Å²) in [5, 5.41) is 9.84. The van der Waals surface area contributed by atoms with Gasteiger partial charge in [-0.1, -0.05) is 36.8 Å². The number of aliphatic carboxylic acids is 1. The summed E-state index contributed by atoms with van der Waals surface area (Å²) in [4.78, 5) is 14.1. The smallest absolute Gasteiger partial charge is 0.320 e. The molecule has 6 nitrogen and oxygen atoms in total. The Hall–Kier alpha value is -2.73. The predicted molar refractivity (Wildman–Crippen MR) is 106 cm³/mol. The summed E-state index contributed by atoms with van der Waals surface area (Å²) in [5.74, 6) is 0.848. The van der Waals surface area contributed by atoms with Gasteiger partial charge < -0.3 is 19.3 Å². The second-order valence-electron chi connectivity index (χ2n) is 6.82. The summed E-state index contributed by atoms with van der Waals surface area (Å²) in [6.45, 7) is 0.702. The van der Waals surface area contributed by atoms with E-state index in [1.165, 1.54) is 0 Å². The molecule has 0 bridgehead atoms. The van der Waals surface area contributed by atoms with Gasteiger partial charge in [-0.25, -0.2) is 0 Å². The molecule has 150 valence electrons. The highest BCUT2D eigenvalue weighted by atomic mass is 16.5. The summed E-state index contributed by atoms with van der Waals surface area (Å²) in [6.07, 6.45) is 2.51. The van der Waals surface area contributed by atoms with E-state index < -0.39 is 12.0 Å². The number of ether oxygens (including phenoxy) is 3. The van der Waals surface area contributed by atoms with Gasteiger partial charge in [0.2, 0.25) is 5.75 Å². The maximum Gasteiger partial charge on any atom is 0.320 e. The van der Waals surface area contributed by atoms with Crippen molar-refractivity contribution < 1.29 is 24.1 Å². The topological polar surface area (TPSA) is 68.2 Å². The molecular formula is C22H27NO5. The highest BCUT2D eigenvalue weighted by molar-refractivity contribution is 5.74. The molecule has 3 rings (SSSR count). The third-order valence-corrected chi connectivity index (χ3v) is 5.31. The molecule has 2 aromatic rings. The lowest BCUT2D eigenvalue weighted by molar-refractivity contribution is -0.145. The average molecular weight is 385 g/mol. The van der Waals surface area contributed by atoms with E-state index in [2.05, 4.69) is 4.90 Å². The molecule has 28 heavy (non-hydrogen) atoms. The minimum Gasteiger partial charge on any atom is -0.493 e. The first kappa shape index (κ1) is 20.0. The van der Waals surface area contributed by atoms with Crippen LogP contribution in [0.4, 0.5) is 0 Å². The van der Waals surface area contributed by atoms with Crippen LogP contribution in [0.25, 0.3) is 0 Å². The number of likely N-dealkylation sites (tertiary alicyclic amines) is 1. The standard InChI is InChI=1S/C22H27NO5/c1-26-18-13-12-16(20(27-2)21(18)28-3)19(15-9-5-4-6-10-15)23-14-8-7-11-17(23)22(24)25/h4-6,9-10,12-13,17,19H,7-8,11,14H2,1-3H3,(H,24,25). The number of hydrogen-bond donors (Lipinski definition) is 1. The SMILES string of the molecule is COc1ccc(C(c2ccccc2)N2CCCCC2C(=O)O)c(OC)c1OC. The third kappa shape index (κ3) is 3.78. The Morgan fingerprint density at radius 2 is 1.71 bits per heavy atom. The lowest BCUT2D eigenvalue weighted by Gasteiger charge is -2.40. The van der Waals surface area contributed by atoms with Gasteiger partial charge >= 0.3 is 5.97 Å². The summed E-state index contributed by atoms with van der Waals surface area (Å²) >= 11 is 0. The van der Waals surface area contributed by atoms with Crippen LogP contribution in [0.3, 0.4) is 0 Å². The number of carboxylic acids is 1. The van der Waals surface area contributed by atoms with Crippen molar-refractivity contribution in [2.24, 2.45) is 0 Å². The number of rotatable bonds is 7. The summed E-state index contributed by atoms with van der Waals surface area (Å²) in [7, 11) is 4.74. The van der Waals surface area contributed by atoms with Crippen LogP contribution in [0, 0.1) is 0 Å². The molecule has 0 aromatic heterocycles. The van der Waals surface area contributed by atoms with Crippen LogP contribution in [-0.4, -0.2) is 49.9 Å². The Bertz CT molecular complexity index is 808. The first-order valence-corrected chi connectivity index (χ1v) is 9.44. The molecule has 2 unspecified atom stereocenters. The maximum atomic E-state index is 12.0. The van der Waals surface area contributed by atoms with Crippen molar-refractivity contribution in [1.29, 1.82) is 0 Å². The molecule has 1 saturated heterocycles. The van der Waals surface area contributed by atoms with Gasteiger partial charge in [-0.2, -0.15) is 0 Å². The van der Waals surface area contributed by atoms with E-state index in [1.54, 1.807) is 21.3 Å². The Morgan fingerprint density at radius 1 is 1.00 bits per heavy atom. The van der Waals surface area contributed by atoms with Crippen LogP contribution < -0.4 is 14.2 Å². The molecule has 0 spiro atoms. The molecule has 2 atom stereocenters. The zero-order valence-corrected chi connectivity index (χ0v) is 16.6. The molecule has 0 saturated carbocycles. The third-order valence-electron chi connectivity index (χ3n) is 5.31. The quantitative estimate of drug-likeness (QED) is 0.783. The van der Waals surface area contributed by atoms with Crippen molar-refractivity contribution in [1.82, 2.24) is 4.90 Å². The molecule has 2 aromatic carbocycles. The van der Waals surface area contributed by atoms with Gasteiger partial charge in [-0.05, 0) is 37.1 Å². The Balaban J connectivity index is 2.19. The lowest BCUT2D eigenvalue weighted by atomic mass is 9.91. The van der Waals surface area contributed by atoms with E-state index in [0.717, 1.165) is 24.0 Å². The predicted octanol–water partition coefficient (Wildman–Crippen LogP) is 3.74. The fraction of sp³-hybridized carbons (Fsp3) is 0.409. The average Bonchev–Trinajstić information content (AvgIpc) is 2.74. The van der Waals surface area contributed by atoms with Gasteiger partial charge in [0.15, 0.2) is 11.5 Å². The fourth-order valence-electron chi connectivity index (χ4n) is 4.05. The van der Waals surface area contributed by atoms with E-state index in [0.29, 0.717) is 30.2 Å². The van der Waals surface area contributed by atoms with E-state index in [4.69, 9.17) is 14.2 Å². The normalized spacial score (nSPS) is 18.3. The van der Waals surface area contributed by atoms with Crippen molar-refractivity contribution in [3.63, 3.8) is 0 Å². The minimum absolute atomic E-state index is 0.266. The maximum absolute atomic E-state index is 12.0. The molecule has 1 aliphatic heterocycles. The van der Waals surface area contributed by atoms with Gasteiger partial charge in [-0.15, -0.1) is 0 Å². The molecular weight excluding hydrogens is 358 g/mol. The summed E-state index contributed by atoms with van der Waals surface area (Å²) in [6, 6.07) is 12.9. The Labute approximate surface area is 165 Å². The molecule has 1 fully saturated rings. The summed E-state index contributed by atoms with van der Waals surface area (Å²) in [5.41, 5.74) is 1.88. The van der Waals surface area contributed by atoms with Gasteiger partial charge in [0.05, 0.1) is 27.4 Å². The number of piperidine rings is 1. The Morgan fingerprint density at radius 3 is 2.32 bits per heavy atom. The zero-order chi connectivity index (χ0) is 20.1. The van der Waals surface area contributed by atoms with Crippen LogP contribution >= 0.6 is 0 Å². The van der Waals surface area contributed by atoms with Crippen molar-refractivity contribution in [3.8, 4) is 17.2 Å². The number of carboxylic acid groups (broad SMARTS) is 1. The molecule has 1 N–H and O–H groups in total. The van der Waals surface area contributed by atoms with E-state index in [1.807, 2.05) is 42.5 Å². The van der Waals surface area contributed by atoms with E-state index in [-0.39, 0.29) is 6.04 Å². The second-order valence-corrected chi connectivity index (χ2v) is 6.82. The number of hydrogen-bond acceptors (Lipinski definition) is 5. The van der Waals surface area contributed by atoms with Crippen LogP contribution in [0.5, 0.6) is 17.2 Å². The van der Waals surface area contributed by atoms with Crippen molar-refractivity contribution in [3.05, 3.63) is 53.6 Å². The molecule has 6 heteroatoms. The van der Waals surface area contributed by atoms with Crippen molar-refractivity contribution in [2.45, 2.75) is 31.3 Å². The van der Waals surface area contributed by atoms with Crippen molar-refractivity contribution in [2.75, 3.05) is 27.9 Å². The lowest BCUT2D eigenvalue weighted by Crippen LogP contribution is -2.46. The largest absolute Gasteiger partial charge is 0.493 e. The minimum atomic E-state index is -0.792. The fourth-order valence-corrected chi connectivity index (χ4v) is 4.05. The zero-order valence-electron chi connectivity index (χ0n) is 16.6. The monoisotopic (exact) mass is 385 g/mol. The van der Waals surface area contributed by atoms with Gasteiger partial charge in [-0.3, -0.25) is 9.69 Å². The van der Waals surface area contributed by atoms with Crippen LogP contribution in [0.1, 0.15) is 36.4 Å². The van der Waals surface area contributed by atoms with Crippen LogP contribution in [0.15, 0.2) is 42.5 Å². The number of benzene rings is 2. The highest BCUT2D eigenvalue weighted by Gasteiger charge is 2.37. The molecule has 0 radical (unpaired) electrons. The van der Waals surface area contributed by atoms with Gasteiger partial charge in [0, 0.05) is 5.56 Å². The summed E-state index contributed by atoms with van der Waals surface area (Å²) < 4.78 is 16.7.